The SMILES string of the molecule is COCc1cc(O)cc2c1C[C@@H](c1ccc(O)cc1)CC2. The van der Waals surface area contributed by atoms with Crippen molar-refractivity contribution >= 4 is 0 Å². The number of aromatic hydroxyl groups is 2. The lowest BCUT2D eigenvalue weighted by Gasteiger charge is -2.27. The lowest BCUT2D eigenvalue weighted by molar-refractivity contribution is 0.183. The van der Waals surface area contributed by atoms with Gasteiger partial charge < -0.3 is 14.9 Å². The Hall–Kier alpha value is -2.00. The van der Waals surface area contributed by atoms with E-state index < -0.39 is 0 Å². The van der Waals surface area contributed by atoms with Crippen LogP contribution in [-0.2, 0) is 24.2 Å². The van der Waals surface area contributed by atoms with Crippen molar-refractivity contribution in [1.82, 2.24) is 0 Å². The van der Waals surface area contributed by atoms with Crippen LogP contribution < -0.4 is 0 Å². The second-order valence-electron chi connectivity index (χ2n) is 5.71. The van der Waals surface area contributed by atoms with E-state index in [9.17, 15) is 10.2 Å². The molecule has 3 rings (SSSR count). The molecule has 0 radical (unpaired) electrons. The average Bonchev–Trinajstić information content (AvgIpc) is 2.48. The number of hydrogen-bond acceptors (Lipinski definition) is 3. The molecular weight excluding hydrogens is 264 g/mol. The summed E-state index contributed by atoms with van der Waals surface area (Å²) < 4.78 is 5.26. The number of aryl methyl sites for hydroxylation is 1. The van der Waals surface area contributed by atoms with E-state index in [4.69, 9.17) is 4.74 Å². The summed E-state index contributed by atoms with van der Waals surface area (Å²) in [6.07, 6.45) is 2.98. The van der Waals surface area contributed by atoms with Gasteiger partial charge in [0.15, 0.2) is 0 Å². The van der Waals surface area contributed by atoms with Crippen molar-refractivity contribution < 1.29 is 14.9 Å². The molecule has 0 amide bonds. The predicted octanol–water partition coefficient (Wildman–Crippen LogP) is 3.52. The van der Waals surface area contributed by atoms with E-state index in [1.165, 1.54) is 16.7 Å². The molecule has 3 heteroatoms. The fourth-order valence-corrected chi connectivity index (χ4v) is 3.26. The topological polar surface area (TPSA) is 49.7 Å². The van der Waals surface area contributed by atoms with Gasteiger partial charge >= 0.3 is 0 Å². The zero-order chi connectivity index (χ0) is 14.8. The van der Waals surface area contributed by atoms with Gasteiger partial charge in [-0.05, 0) is 71.7 Å². The molecule has 2 aromatic carbocycles. The van der Waals surface area contributed by atoms with E-state index in [-0.39, 0.29) is 0 Å². The normalized spacial score (nSPS) is 17.5. The molecule has 110 valence electrons. The third-order valence-corrected chi connectivity index (χ3v) is 4.30. The molecule has 2 N–H and O–H groups in total. The van der Waals surface area contributed by atoms with Crippen LogP contribution in [-0.4, -0.2) is 17.3 Å². The van der Waals surface area contributed by atoms with Crippen LogP contribution in [0, 0.1) is 0 Å². The Labute approximate surface area is 124 Å². The van der Waals surface area contributed by atoms with Crippen molar-refractivity contribution in [2.75, 3.05) is 7.11 Å². The first-order valence-corrected chi connectivity index (χ1v) is 7.29. The van der Waals surface area contributed by atoms with Gasteiger partial charge in [0, 0.05) is 7.11 Å². The Balaban J connectivity index is 1.92. The van der Waals surface area contributed by atoms with Gasteiger partial charge in [0.25, 0.3) is 0 Å². The highest BCUT2D eigenvalue weighted by molar-refractivity contribution is 5.45. The quantitative estimate of drug-likeness (QED) is 0.906. The van der Waals surface area contributed by atoms with Crippen molar-refractivity contribution in [2.24, 2.45) is 0 Å². The van der Waals surface area contributed by atoms with Gasteiger partial charge in [-0.25, -0.2) is 0 Å². The molecule has 0 aromatic heterocycles. The summed E-state index contributed by atoms with van der Waals surface area (Å²) in [6.45, 7) is 0.527. The Morgan fingerprint density at radius 2 is 1.86 bits per heavy atom. The van der Waals surface area contributed by atoms with Crippen LogP contribution >= 0.6 is 0 Å². The van der Waals surface area contributed by atoms with E-state index in [1.54, 1.807) is 19.2 Å². The third kappa shape index (κ3) is 2.88. The van der Waals surface area contributed by atoms with Gasteiger partial charge in [0.1, 0.15) is 11.5 Å². The van der Waals surface area contributed by atoms with Crippen molar-refractivity contribution in [2.45, 2.75) is 31.8 Å². The number of fused-ring (bicyclic) bond motifs is 1. The highest BCUT2D eigenvalue weighted by Gasteiger charge is 2.23. The van der Waals surface area contributed by atoms with Gasteiger partial charge in [0.05, 0.1) is 6.61 Å². The Morgan fingerprint density at radius 1 is 1.10 bits per heavy atom. The molecule has 0 bridgehead atoms. The summed E-state index contributed by atoms with van der Waals surface area (Å²) >= 11 is 0. The second kappa shape index (κ2) is 5.78. The molecule has 0 saturated heterocycles. The largest absolute Gasteiger partial charge is 0.508 e. The summed E-state index contributed by atoms with van der Waals surface area (Å²) in [4.78, 5) is 0. The van der Waals surface area contributed by atoms with Gasteiger partial charge in [-0.15, -0.1) is 0 Å². The van der Waals surface area contributed by atoms with Crippen LogP contribution in [0.3, 0.4) is 0 Å². The number of benzene rings is 2. The van der Waals surface area contributed by atoms with Crippen LogP contribution in [0.2, 0.25) is 0 Å². The second-order valence-corrected chi connectivity index (χ2v) is 5.71. The van der Waals surface area contributed by atoms with Crippen molar-refractivity contribution in [1.29, 1.82) is 0 Å². The third-order valence-electron chi connectivity index (χ3n) is 4.30. The minimum atomic E-state index is 0.306. The van der Waals surface area contributed by atoms with E-state index >= 15 is 0 Å². The number of hydrogen-bond donors (Lipinski definition) is 2. The first kappa shape index (κ1) is 14.0. The maximum atomic E-state index is 9.83. The van der Waals surface area contributed by atoms with Crippen LogP contribution in [0.1, 0.15) is 34.6 Å². The maximum Gasteiger partial charge on any atom is 0.116 e. The molecular formula is C18H20O3. The van der Waals surface area contributed by atoms with Gasteiger partial charge in [0.2, 0.25) is 0 Å². The summed E-state index contributed by atoms with van der Waals surface area (Å²) in [5.74, 6) is 1.09. The van der Waals surface area contributed by atoms with Gasteiger partial charge in [-0.1, -0.05) is 12.1 Å². The minimum absolute atomic E-state index is 0.306. The molecule has 0 aliphatic heterocycles. The van der Waals surface area contributed by atoms with Crippen LogP contribution in [0.5, 0.6) is 11.5 Å². The van der Waals surface area contributed by atoms with Crippen LogP contribution in [0.15, 0.2) is 36.4 Å². The Kier molecular flexibility index (Phi) is 3.84. The highest BCUT2D eigenvalue weighted by atomic mass is 16.5. The summed E-state index contributed by atoms with van der Waals surface area (Å²) in [7, 11) is 1.68. The minimum Gasteiger partial charge on any atom is -0.508 e. The maximum absolute atomic E-state index is 9.83. The van der Waals surface area contributed by atoms with Crippen molar-refractivity contribution in [3.63, 3.8) is 0 Å². The standard InChI is InChI=1S/C18H20O3/c1-21-11-15-9-17(20)8-14-3-2-13(10-18(14)15)12-4-6-16(19)7-5-12/h4-9,13,19-20H,2-3,10-11H2,1H3/t13-/m0/s1. The lowest BCUT2D eigenvalue weighted by Crippen LogP contribution is -2.15. The van der Waals surface area contributed by atoms with Crippen molar-refractivity contribution in [3.8, 4) is 11.5 Å². The summed E-state index contributed by atoms with van der Waals surface area (Å²) in [6, 6.07) is 11.2. The highest BCUT2D eigenvalue weighted by Crippen LogP contribution is 2.36. The molecule has 0 spiro atoms. The van der Waals surface area contributed by atoms with Crippen LogP contribution in [0.4, 0.5) is 0 Å². The van der Waals surface area contributed by atoms with Gasteiger partial charge in [-0.3, -0.25) is 0 Å². The Bertz CT molecular complexity index is 632. The average molecular weight is 284 g/mol. The molecule has 21 heavy (non-hydrogen) atoms. The first-order chi connectivity index (χ1) is 10.2. The van der Waals surface area contributed by atoms with Gasteiger partial charge in [-0.2, -0.15) is 0 Å². The zero-order valence-electron chi connectivity index (χ0n) is 12.2. The number of methoxy groups -OCH3 is 1. The predicted molar refractivity (Wildman–Crippen MR) is 81.7 cm³/mol. The molecule has 3 nitrogen and oxygen atoms in total. The molecule has 0 heterocycles. The molecule has 1 aliphatic rings. The van der Waals surface area contributed by atoms with Crippen molar-refractivity contribution in [3.05, 3.63) is 58.7 Å². The molecule has 0 fully saturated rings. The smallest absolute Gasteiger partial charge is 0.116 e. The van der Waals surface area contributed by atoms with E-state index in [1.807, 2.05) is 24.3 Å². The van der Waals surface area contributed by atoms with Crippen LogP contribution in [0.25, 0.3) is 0 Å². The zero-order valence-corrected chi connectivity index (χ0v) is 12.2. The summed E-state index contributed by atoms with van der Waals surface area (Å²) in [5.41, 5.74) is 4.88. The number of rotatable bonds is 3. The monoisotopic (exact) mass is 284 g/mol. The molecule has 2 aromatic rings. The fraction of sp³-hybridized carbons (Fsp3) is 0.333. The number of phenols is 2. The number of phenolic OH excluding ortho intramolecular Hbond substituents is 2. The van der Waals surface area contributed by atoms with E-state index in [2.05, 4.69) is 0 Å². The molecule has 0 unspecified atom stereocenters. The van der Waals surface area contributed by atoms with E-state index in [0.717, 1.165) is 24.8 Å². The molecule has 1 aliphatic carbocycles. The fourth-order valence-electron chi connectivity index (χ4n) is 3.26. The molecule has 1 atom stereocenters. The molecule has 0 saturated carbocycles. The Morgan fingerprint density at radius 3 is 2.57 bits per heavy atom. The summed E-state index contributed by atoms with van der Waals surface area (Å²) in [5, 5.41) is 19.2. The van der Waals surface area contributed by atoms with E-state index in [0.29, 0.717) is 24.0 Å². The number of ether oxygens (including phenoxy) is 1. The first-order valence-electron chi connectivity index (χ1n) is 7.29. The lowest BCUT2D eigenvalue weighted by atomic mass is 9.78.